The molecule has 0 aliphatic rings. The van der Waals surface area contributed by atoms with Crippen molar-refractivity contribution in [2.45, 2.75) is 5.88 Å². The predicted octanol–water partition coefficient (Wildman–Crippen LogP) is 4.70. The van der Waals surface area contributed by atoms with Crippen LogP contribution in [0.5, 0.6) is 0 Å². The molecule has 0 aliphatic carbocycles. The first-order valence-electron chi connectivity index (χ1n) is 5.37. The van der Waals surface area contributed by atoms with Gasteiger partial charge in [0.2, 0.25) is 0 Å². The van der Waals surface area contributed by atoms with Crippen molar-refractivity contribution in [1.82, 2.24) is 4.98 Å². The molecule has 3 aromatic rings. The Morgan fingerprint density at radius 3 is 2.71 bits per heavy atom. The Labute approximate surface area is 109 Å². The highest BCUT2D eigenvalue weighted by Crippen LogP contribution is 2.28. The van der Waals surface area contributed by atoms with Crippen LogP contribution in [0.3, 0.4) is 0 Å². The largest absolute Gasteiger partial charge is 0.247 e. The number of hydrogen-bond acceptors (Lipinski definition) is 2. The Morgan fingerprint density at radius 2 is 1.88 bits per heavy atom. The van der Waals surface area contributed by atoms with E-state index in [9.17, 15) is 0 Å². The number of thiophene rings is 1. The SMILES string of the molecule is ClCc1ccc(-c2ccc3ccccc3n2)s1. The zero-order chi connectivity index (χ0) is 11.7. The molecule has 1 aromatic carbocycles. The summed E-state index contributed by atoms with van der Waals surface area (Å²) in [6.45, 7) is 0. The van der Waals surface area contributed by atoms with E-state index in [2.05, 4.69) is 35.3 Å². The van der Waals surface area contributed by atoms with Gasteiger partial charge in [0.15, 0.2) is 0 Å². The molecule has 0 unspecified atom stereocenters. The maximum Gasteiger partial charge on any atom is 0.0809 e. The van der Waals surface area contributed by atoms with Gasteiger partial charge in [-0.15, -0.1) is 22.9 Å². The fourth-order valence-corrected chi connectivity index (χ4v) is 2.87. The molecule has 2 aromatic heterocycles. The van der Waals surface area contributed by atoms with Crippen LogP contribution >= 0.6 is 22.9 Å². The minimum absolute atomic E-state index is 0.568. The Bertz CT molecular complexity index is 660. The second-order valence-corrected chi connectivity index (χ2v) is 5.22. The van der Waals surface area contributed by atoms with Gasteiger partial charge >= 0.3 is 0 Å². The summed E-state index contributed by atoms with van der Waals surface area (Å²) in [6.07, 6.45) is 0. The van der Waals surface area contributed by atoms with Gasteiger partial charge in [-0.05, 0) is 24.3 Å². The first kappa shape index (κ1) is 10.8. The molecule has 0 bridgehead atoms. The Balaban J connectivity index is 2.11. The maximum atomic E-state index is 5.81. The molecule has 0 atom stereocenters. The summed E-state index contributed by atoms with van der Waals surface area (Å²) >= 11 is 7.51. The molecule has 0 N–H and O–H groups in total. The number of fused-ring (bicyclic) bond motifs is 1. The third kappa shape index (κ3) is 2.06. The van der Waals surface area contributed by atoms with Gasteiger partial charge in [-0.25, -0.2) is 4.98 Å². The smallest absolute Gasteiger partial charge is 0.0809 e. The van der Waals surface area contributed by atoms with Gasteiger partial charge in [0, 0.05) is 10.3 Å². The summed E-state index contributed by atoms with van der Waals surface area (Å²) in [5.41, 5.74) is 2.05. The van der Waals surface area contributed by atoms with Gasteiger partial charge < -0.3 is 0 Å². The Hall–Kier alpha value is -1.38. The van der Waals surface area contributed by atoms with Crippen LogP contribution in [-0.2, 0) is 5.88 Å². The number of pyridine rings is 1. The van der Waals surface area contributed by atoms with Crippen LogP contribution in [0.25, 0.3) is 21.5 Å². The number of hydrogen-bond donors (Lipinski definition) is 0. The molecule has 0 saturated heterocycles. The summed E-state index contributed by atoms with van der Waals surface area (Å²) in [6, 6.07) is 16.5. The number of alkyl halides is 1. The van der Waals surface area contributed by atoms with E-state index in [1.54, 1.807) is 11.3 Å². The highest BCUT2D eigenvalue weighted by molar-refractivity contribution is 7.15. The molecular weight excluding hydrogens is 250 g/mol. The zero-order valence-corrected chi connectivity index (χ0v) is 10.6. The third-order valence-corrected chi connectivity index (χ3v) is 4.20. The summed E-state index contributed by atoms with van der Waals surface area (Å²) in [4.78, 5) is 7.01. The van der Waals surface area contributed by atoms with E-state index in [4.69, 9.17) is 11.6 Å². The maximum absolute atomic E-state index is 5.81. The number of para-hydroxylation sites is 1. The second kappa shape index (κ2) is 4.47. The average molecular weight is 260 g/mol. The van der Waals surface area contributed by atoms with E-state index in [0.717, 1.165) is 11.2 Å². The number of benzene rings is 1. The number of rotatable bonds is 2. The Kier molecular flexibility index (Phi) is 2.83. The van der Waals surface area contributed by atoms with Gasteiger partial charge in [-0.3, -0.25) is 0 Å². The van der Waals surface area contributed by atoms with Crippen LogP contribution < -0.4 is 0 Å². The molecule has 0 fully saturated rings. The molecule has 0 amide bonds. The number of halogens is 1. The second-order valence-electron chi connectivity index (χ2n) is 3.79. The molecule has 3 heteroatoms. The first-order chi connectivity index (χ1) is 8.36. The minimum Gasteiger partial charge on any atom is -0.247 e. The van der Waals surface area contributed by atoms with E-state index < -0.39 is 0 Å². The quantitative estimate of drug-likeness (QED) is 0.608. The molecule has 84 valence electrons. The molecule has 0 radical (unpaired) electrons. The molecule has 1 nitrogen and oxygen atoms in total. The molecular formula is C14H10ClNS. The normalized spacial score (nSPS) is 10.9. The lowest BCUT2D eigenvalue weighted by molar-refractivity contribution is 1.42. The van der Waals surface area contributed by atoms with Crippen molar-refractivity contribution in [1.29, 1.82) is 0 Å². The van der Waals surface area contributed by atoms with Crippen molar-refractivity contribution in [2.75, 3.05) is 0 Å². The lowest BCUT2D eigenvalue weighted by Crippen LogP contribution is -1.81. The lowest BCUT2D eigenvalue weighted by atomic mass is 10.2. The van der Waals surface area contributed by atoms with Crippen molar-refractivity contribution in [3.63, 3.8) is 0 Å². The van der Waals surface area contributed by atoms with Crippen molar-refractivity contribution in [3.8, 4) is 10.6 Å². The van der Waals surface area contributed by atoms with Crippen LogP contribution in [0.4, 0.5) is 0 Å². The highest BCUT2D eigenvalue weighted by atomic mass is 35.5. The van der Waals surface area contributed by atoms with Gasteiger partial charge in [0.05, 0.1) is 22.0 Å². The third-order valence-electron chi connectivity index (χ3n) is 2.64. The summed E-state index contributed by atoms with van der Waals surface area (Å²) in [5, 5.41) is 1.17. The molecule has 2 heterocycles. The van der Waals surface area contributed by atoms with Crippen LogP contribution in [-0.4, -0.2) is 4.98 Å². The molecule has 17 heavy (non-hydrogen) atoms. The molecule has 3 rings (SSSR count). The number of nitrogens with zero attached hydrogens (tertiary/aromatic N) is 1. The van der Waals surface area contributed by atoms with Gasteiger partial charge in [-0.2, -0.15) is 0 Å². The monoisotopic (exact) mass is 259 g/mol. The average Bonchev–Trinajstić information content (AvgIpc) is 2.87. The lowest BCUT2D eigenvalue weighted by Gasteiger charge is -2.00. The van der Waals surface area contributed by atoms with Gasteiger partial charge in [-0.1, -0.05) is 24.3 Å². The van der Waals surface area contributed by atoms with E-state index in [1.165, 1.54) is 15.1 Å². The fourth-order valence-electron chi connectivity index (χ4n) is 1.79. The van der Waals surface area contributed by atoms with Crippen molar-refractivity contribution in [3.05, 3.63) is 53.4 Å². The summed E-state index contributed by atoms with van der Waals surface area (Å²) in [5.74, 6) is 0.568. The molecule has 0 aliphatic heterocycles. The van der Waals surface area contributed by atoms with Crippen LogP contribution in [0, 0.1) is 0 Å². The first-order valence-corrected chi connectivity index (χ1v) is 6.73. The van der Waals surface area contributed by atoms with Crippen LogP contribution in [0.2, 0.25) is 0 Å². The van der Waals surface area contributed by atoms with Crippen molar-refractivity contribution >= 4 is 33.8 Å². The van der Waals surface area contributed by atoms with E-state index >= 15 is 0 Å². The van der Waals surface area contributed by atoms with Gasteiger partial charge in [0.1, 0.15) is 0 Å². The highest BCUT2D eigenvalue weighted by Gasteiger charge is 2.04. The van der Waals surface area contributed by atoms with Crippen molar-refractivity contribution < 1.29 is 0 Å². The minimum atomic E-state index is 0.568. The van der Waals surface area contributed by atoms with Crippen LogP contribution in [0.1, 0.15) is 4.88 Å². The topological polar surface area (TPSA) is 12.9 Å². The van der Waals surface area contributed by atoms with E-state index in [0.29, 0.717) is 5.88 Å². The van der Waals surface area contributed by atoms with E-state index in [-0.39, 0.29) is 0 Å². The summed E-state index contributed by atoms with van der Waals surface area (Å²) < 4.78 is 0. The van der Waals surface area contributed by atoms with Crippen molar-refractivity contribution in [2.24, 2.45) is 0 Å². The van der Waals surface area contributed by atoms with Crippen LogP contribution in [0.15, 0.2) is 48.5 Å². The predicted molar refractivity (Wildman–Crippen MR) is 74.6 cm³/mol. The standard InChI is InChI=1S/C14H10ClNS/c15-9-11-6-8-14(17-11)13-7-5-10-3-1-2-4-12(10)16-13/h1-8H,9H2. The molecule has 0 spiro atoms. The molecule has 0 saturated carbocycles. The van der Waals surface area contributed by atoms with E-state index in [1.807, 2.05) is 18.2 Å². The summed E-state index contributed by atoms with van der Waals surface area (Å²) in [7, 11) is 0. The Morgan fingerprint density at radius 1 is 1.00 bits per heavy atom. The zero-order valence-electron chi connectivity index (χ0n) is 9.06. The number of aromatic nitrogens is 1. The van der Waals surface area contributed by atoms with Gasteiger partial charge in [0.25, 0.3) is 0 Å². The fraction of sp³-hybridized carbons (Fsp3) is 0.0714.